The molecule has 0 bridgehead atoms. The van der Waals surface area contributed by atoms with E-state index >= 15 is 0 Å². The Labute approximate surface area is 144 Å². The van der Waals surface area contributed by atoms with Crippen molar-refractivity contribution in [2.45, 2.75) is 0 Å². The van der Waals surface area contributed by atoms with Crippen LogP contribution in [0.2, 0.25) is 0 Å². The molecule has 0 spiro atoms. The highest BCUT2D eigenvalue weighted by molar-refractivity contribution is 7.97. The van der Waals surface area contributed by atoms with Crippen LogP contribution >= 0.6 is 0 Å². The second kappa shape index (κ2) is 9.37. The number of carbonyl (C=O) groups excluding carboxylic acids is 2. The largest absolute Gasteiger partial charge is 0.391 e. The highest BCUT2D eigenvalue weighted by Gasteiger charge is 2.25. The van der Waals surface area contributed by atoms with Crippen LogP contribution in [0, 0.1) is 0 Å². The maximum atomic E-state index is 12.7. The van der Waals surface area contributed by atoms with E-state index in [1.807, 2.05) is 6.07 Å². The third-order valence-corrected chi connectivity index (χ3v) is 5.79. The summed E-state index contributed by atoms with van der Waals surface area (Å²) in [6, 6.07) is 15.7. The molecule has 2 N–H and O–H groups in total. The number of Topliss-reactive ketones (excluding diaryl/α,β-unsaturated/α-hetero) is 1. The number of hydrogen-bond acceptors (Lipinski definition) is 4. The molecule has 126 valence electrons. The normalized spacial score (nSPS) is 10.8. The van der Waals surface area contributed by atoms with Crippen LogP contribution in [-0.4, -0.2) is 52.3 Å². The van der Waals surface area contributed by atoms with Gasteiger partial charge in [-0.05, 0) is 0 Å². The standard InChI is InChI=1S/C19H21O4S/c20-10-12-24(13-11-21)14-18(22)16-8-4-5-9-17(16)19(23)15-6-2-1-3-7-15/h1-9,20-21H,10-14H2/q+1. The molecule has 0 atom stereocenters. The van der Waals surface area contributed by atoms with Gasteiger partial charge in [-0.1, -0.05) is 54.6 Å². The maximum absolute atomic E-state index is 12.7. The van der Waals surface area contributed by atoms with Gasteiger partial charge in [0.05, 0.1) is 13.2 Å². The molecule has 4 nitrogen and oxygen atoms in total. The topological polar surface area (TPSA) is 74.6 Å². The van der Waals surface area contributed by atoms with Gasteiger partial charge in [-0.3, -0.25) is 9.59 Å². The van der Waals surface area contributed by atoms with Crippen molar-refractivity contribution in [2.75, 3.05) is 30.5 Å². The zero-order chi connectivity index (χ0) is 17.4. The first kappa shape index (κ1) is 18.4. The quantitative estimate of drug-likeness (QED) is 0.536. The molecule has 0 aliphatic carbocycles. The summed E-state index contributed by atoms with van der Waals surface area (Å²) in [5, 5.41) is 18.2. The monoisotopic (exact) mass is 345 g/mol. The van der Waals surface area contributed by atoms with E-state index in [0.717, 1.165) is 0 Å². The summed E-state index contributed by atoms with van der Waals surface area (Å²) in [7, 11) is -0.382. The fraction of sp³-hybridized carbons (Fsp3) is 0.263. The minimum atomic E-state index is -0.382. The van der Waals surface area contributed by atoms with Crippen LogP contribution in [-0.2, 0) is 10.9 Å². The zero-order valence-electron chi connectivity index (χ0n) is 13.4. The smallest absolute Gasteiger partial charge is 0.212 e. The predicted octanol–water partition coefficient (Wildman–Crippen LogP) is 1.70. The van der Waals surface area contributed by atoms with Crippen molar-refractivity contribution in [3.63, 3.8) is 0 Å². The number of rotatable bonds is 9. The van der Waals surface area contributed by atoms with Gasteiger partial charge in [-0.2, -0.15) is 0 Å². The van der Waals surface area contributed by atoms with Crippen molar-refractivity contribution in [3.05, 3.63) is 71.3 Å². The van der Waals surface area contributed by atoms with Crippen LogP contribution < -0.4 is 0 Å². The number of hydrogen-bond donors (Lipinski definition) is 2. The Morgan fingerprint density at radius 2 is 1.33 bits per heavy atom. The molecule has 5 heteroatoms. The summed E-state index contributed by atoms with van der Waals surface area (Å²) in [5.74, 6) is 0.909. The highest BCUT2D eigenvalue weighted by Crippen LogP contribution is 2.16. The van der Waals surface area contributed by atoms with Gasteiger partial charge < -0.3 is 10.2 Å². The average molecular weight is 345 g/mol. The van der Waals surface area contributed by atoms with Crippen LogP contribution in [0.4, 0.5) is 0 Å². The van der Waals surface area contributed by atoms with Crippen LogP contribution in [0.3, 0.4) is 0 Å². The minimum Gasteiger partial charge on any atom is -0.391 e. The molecule has 0 amide bonds. The van der Waals surface area contributed by atoms with Crippen LogP contribution in [0.5, 0.6) is 0 Å². The van der Waals surface area contributed by atoms with Gasteiger partial charge in [0.2, 0.25) is 5.78 Å². The molecule has 2 aromatic carbocycles. The Hall–Kier alpha value is -1.95. The van der Waals surface area contributed by atoms with Crippen molar-refractivity contribution < 1.29 is 19.8 Å². The number of aliphatic hydroxyl groups excluding tert-OH is 2. The zero-order valence-corrected chi connectivity index (χ0v) is 14.2. The molecular formula is C19H21O4S+. The molecule has 0 saturated heterocycles. The third kappa shape index (κ3) is 4.77. The Kier molecular flexibility index (Phi) is 7.18. The molecule has 0 aliphatic rings. The summed E-state index contributed by atoms with van der Waals surface area (Å²) in [6.45, 7) is -0.0258. The van der Waals surface area contributed by atoms with Crippen LogP contribution in [0.1, 0.15) is 26.3 Å². The van der Waals surface area contributed by atoms with Gasteiger partial charge in [0, 0.05) is 27.6 Å². The lowest BCUT2D eigenvalue weighted by Crippen LogP contribution is -2.26. The van der Waals surface area contributed by atoms with Gasteiger partial charge in [0.1, 0.15) is 11.5 Å². The van der Waals surface area contributed by atoms with Crippen molar-refractivity contribution in [2.24, 2.45) is 0 Å². The first-order valence-electron chi connectivity index (χ1n) is 7.75. The number of benzene rings is 2. The van der Waals surface area contributed by atoms with E-state index in [1.54, 1.807) is 48.5 Å². The lowest BCUT2D eigenvalue weighted by Gasteiger charge is -2.09. The summed E-state index contributed by atoms with van der Waals surface area (Å²) < 4.78 is 0. The second-order valence-electron chi connectivity index (χ2n) is 5.28. The molecule has 0 unspecified atom stereocenters. The average Bonchev–Trinajstić information content (AvgIpc) is 2.62. The van der Waals surface area contributed by atoms with E-state index in [9.17, 15) is 9.59 Å². The van der Waals surface area contributed by atoms with Crippen molar-refractivity contribution in [3.8, 4) is 0 Å². The van der Waals surface area contributed by atoms with Gasteiger partial charge in [-0.25, -0.2) is 0 Å². The molecule has 2 aromatic rings. The third-order valence-electron chi connectivity index (χ3n) is 3.60. The Morgan fingerprint density at radius 1 is 0.792 bits per heavy atom. The summed E-state index contributed by atoms with van der Waals surface area (Å²) >= 11 is 0. The van der Waals surface area contributed by atoms with Gasteiger partial charge in [-0.15, -0.1) is 0 Å². The van der Waals surface area contributed by atoms with Gasteiger partial charge in [0.25, 0.3) is 0 Å². The lowest BCUT2D eigenvalue weighted by molar-refractivity contribution is 0.0993. The summed E-state index contributed by atoms with van der Waals surface area (Å²) in [5.41, 5.74) is 1.34. The van der Waals surface area contributed by atoms with E-state index in [-0.39, 0.29) is 41.4 Å². The SMILES string of the molecule is O=C(C[S+](CCO)CCO)c1ccccc1C(=O)c1ccccc1. The van der Waals surface area contributed by atoms with Crippen LogP contribution in [0.15, 0.2) is 54.6 Å². The molecule has 0 aliphatic heterocycles. The molecular weight excluding hydrogens is 324 g/mol. The van der Waals surface area contributed by atoms with Crippen molar-refractivity contribution >= 4 is 22.5 Å². The Morgan fingerprint density at radius 3 is 1.92 bits per heavy atom. The van der Waals surface area contributed by atoms with Crippen molar-refractivity contribution in [1.29, 1.82) is 0 Å². The highest BCUT2D eigenvalue weighted by atomic mass is 32.2. The van der Waals surface area contributed by atoms with E-state index in [0.29, 0.717) is 28.2 Å². The fourth-order valence-corrected chi connectivity index (χ4v) is 3.97. The predicted molar refractivity (Wildman–Crippen MR) is 96.8 cm³/mol. The van der Waals surface area contributed by atoms with E-state index in [4.69, 9.17) is 10.2 Å². The molecule has 0 aromatic heterocycles. The van der Waals surface area contributed by atoms with E-state index in [2.05, 4.69) is 0 Å². The van der Waals surface area contributed by atoms with Gasteiger partial charge >= 0.3 is 0 Å². The van der Waals surface area contributed by atoms with Crippen LogP contribution in [0.25, 0.3) is 0 Å². The Balaban J connectivity index is 2.25. The molecule has 0 radical (unpaired) electrons. The number of aliphatic hydroxyl groups is 2. The van der Waals surface area contributed by atoms with Gasteiger partial charge in [0.15, 0.2) is 11.5 Å². The lowest BCUT2D eigenvalue weighted by atomic mass is 9.96. The Bertz CT molecular complexity index is 679. The second-order valence-corrected chi connectivity index (χ2v) is 7.61. The minimum absolute atomic E-state index is 0.0129. The molecule has 0 heterocycles. The number of ketones is 2. The van der Waals surface area contributed by atoms with E-state index < -0.39 is 0 Å². The maximum Gasteiger partial charge on any atom is 0.212 e. The van der Waals surface area contributed by atoms with Crippen molar-refractivity contribution in [1.82, 2.24) is 0 Å². The fourth-order valence-electron chi connectivity index (χ4n) is 2.44. The first-order chi connectivity index (χ1) is 11.7. The molecule has 24 heavy (non-hydrogen) atoms. The van der Waals surface area contributed by atoms with E-state index in [1.165, 1.54) is 0 Å². The first-order valence-corrected chi connectivity index (χ1v) is 9.48. The summed E-state index contributed by atoms with van der Waals surface area (Å²) in [4.78, 5) is 25.3. The molecule has 0 saturated carbocycles. The summed E-state index contributed by atoms with van der Waals surface area (Å²) in [6.07, 6.45) is 0. The molecule has 2 rings (SSSR count). The number of carbonyl (C=O) groups is 2. The molecule has 0 fully saturated rings.